The first-order chi connectivity index (χ1) is 6.04. The van der Waals surface area contributed by atoms with E-state index in [1.54, 1.807) is 0 Å². The summed E-state index contributed by atoms with van der Waals surface area (Å²) < 4.78 is 2.01. The Bertz CT molecular complexity index is 257. The van der Waals surface area contributed by atoms with Gasteiger partial charge in [-0.15, -0.1) is 0 Å². The molecule has 0 unspecified atom stereocenters. The molecule has 3 nitrogen and oxygen atoms in total. The molecular formula is C10H19N3. The molecule has 0 aliphatic carbocycles. The van der Waals surface area contributed by atoms with Gasteiger partial charge in [0.15, 0.2) is 0 Å². The minimum Gasteiger partial charge on any atom is -0.319 e. The van der Waals surface area contributed by atoms with E-state index < -0.39 is 0 Å². The van der Waals surface area contributed by atoms with Crippen molar-refractivity contribution >= 4 is 0 Å². The number of nitrogens with one attached hydrogen (secondary N) is 1. The van der Waals surface area contributed by atoms with Gasteiger partial charge < -0.3 is 5.32 Å². The van der Waals surface area contributed by atoms with Crippen LogP contribution in [0.25, 0.3) is 0 Å². The van der Waals surface area contributed by atoms with E-state index in [1.807, 2.05) is 17.9 Å². The van der Waals surface area contributed by atoms with E-state index in [1.165, 1.54) is 0 Å². The second kappa shape index (κ2) is 3.92. The van der Waals surface area contributed by atoms with Crippen molar-refractivity contribution in [3.63, 3.8) is 0 Å². The van der Waals surface area contributed by atoms with Crippen molar-refractivity contribution in [2.45, 2.75) is 32.7 Å². The van der Waals surface area contributed by atoms with Gasteiger partial charge in [0.05, 0.1) is 11.2 Å². The van der Waals surface area contributed by atoms with Crippen LogP contribution < -0.4 is 5.32 Å². The molecule has 0 saturated heterocycles. The number of aromatic nitrogens is 2. The molecule has 3 heteroatoms. The second-order valence-electron chi connectivity index (χ2n) is 4.28. The summed E-state index contributed by atoms with van der Waals surface area (Å²) in [7, 11) is 1.96. The Morgan fingerprint density at radius 1 is 1.46 bits per heavy atom. The number of rotatable bonds is 3. The van der Waals surface area contributed by atoms with E-state index in [9.17, 15) is 0 Å². The maximum absolute atomic E-state index is 4.50. The SMILES string of the molecule is CNCCc1ccn(C(C)(C)C)n1. The largest absolute Gasteiger partial charge is 0.319 e. The Kier molecular flexibility index (Phi) is 3.09. The Labute approximate surface area is 80.1 Å². The third kappa shape index (κ3) is 2.84. The Hall–Kier alpha value is -0.830. The van der Waals surface area contributed by atoms with E-state index in [-0.39, 0.29) is 5.54 Å². The highest BCUT2D eigenvalue weighted by Gasteiger charge is 2.13. The van der Waals surface area contributed by atoms with Crippen LogP contribution in [-0.2, 0) is 12.0 Å². The monoisotopic (exact) mass is 181 g/mol. The first-order valence-corrected chi connectivity index (χ1v) is 4.73. The summed E-state index contributed by atoms with van der Waals surface area (Å²) in [6, 6.07) is 2.09. The minimum absolute atomic E-state index is 0.0951. The molecule has 0 saturated carbocycles. The van der Waals surface area contributed by atoms with Crippen LogP contribution in [0.5, 0.6) is 0 Å². The van der Waals surface area contributed by atoms with E-state index in [4.69, 9.17) is 0 Å². The Morgan fingerprint density at radius 2 is 2.15 bits per heavy atom. The zero-order valence-corrected chi connectivity index (χ0v) is 8.96. The molecule has 0 spiro atoms. The molecule has 0 aliphatic heterocycles. The fraction of sp³-hybridized carbons (Fsp3) is 0.700. The lowest BCUT2D eigenvalue weighted by Gasteiger charge is -2.18. The number of hydrogen-bond donors (Lipinski definition) is 1. The molecule has 0 aromatic carbocycles. The molecule has 0 aliphatic rings. The number of likely N-dealkylation sites (N-methyl/N-ethyl adjacent to an activating group) is 1. The number of hydrogen-bond acceptors (Lipinski definition) is 2. The lowest BCUT2D eigenvalue weighted by atomic mass is 10.1. The van der Waals surface area contributed by atoms with Crippen molar-refractivity contribution in [3.05, 3.63) is 18.0 Å². The second-order valence-corrected chi connectivity index (χ2v) is 4.28. The van der Waals surface area contributed by atoms with Gasteiger partial charge in [-0.25, -0.2) is 0 Å². The molecule has 0 amide bonds. The number of nitrogens with zero attached hydrogens (tertiary/aromatic N) is 2. The van der Waals surface area contributed by atoms with Crippen molar-refractivity contribution in [2.24, 2.45) is 0 Å². The summed E-state index contributed by atoms with van der Waals surface area (Å²) in [4.78, 5) is 0. The van der Waals surface area contributed by atoms with Gasteiger partial charge in [0.1, 0.15) is 0 Å². The predicted molar refractivity (Wildman–Crippen MR) is 54.9 cm³/mol. The van der Waals surface area contributed by atoms with Crippen LogP contribution in [0.2, 0.25) is 0 Å². The molecule has 1 aromatic heterocycles. The lowest BCUT2D eigenvalue weighted by Crippen LogP contribution is -2.22. The molecule has 1 heterocycles. The zero-order chi connectivity index (χ0) is 9.90. The van der Waals surface area contributed by atoms with E-state index >= 15 is 0 Å². The van der Waals surface area contributed by atoms with Crippen LogP contribution in [0.3, 0.4) is 0 Å². The Morgan fingerprint density at radius 3 is 2.62 bits per heavy atom. The molecule has 0 fully saturated rings. The minimum atomic E-state index is 0.0951. The van der Waals surface area contributed by atoms with Crippen molar-refractivity contribution in [1.29, 1.82) is 0 Å². The van der Waals surface area contributed by atoms with Crippen LogP contribution in [0.15, 0.2) is 12.3 Å². The third-order valence-electron chi connectivity index (χ3n) is 1.96. The topological polar surface area (TPSA) is 29.9 Å². The van der Waals surface area contributed by atoms with Gasteiger partial charge in [-0.05, 0) is 33.9 Å². The van der Waals surface area contributed by atoms with Crippen LogP contribution in [0.1, 0.15) is 26.5 Å². The van der Waals surface area contributed by atoms with Crippen molar-refractivity contribution in [2.75, 3.05) is 13.6 Å². The summed E-state index contributed by atoms with van der Waals surface area (Å²) in [6.45, 7) is 7.45. The zero-order valence-electron chi connectivity index (χ0n) is 8.96. The maximum atomic E-state index is 4.50. The van der Waals surface area contributed by atoms with Gasteiger partial charge in [-0.1, -0.05) is 0 Å². The molecule has 0 radical (unpaired) electrons. The molecule has 1 N–H and O–H groups in total. The molecule has 0 atom stereocenters. The molecule has 13 heavy (non-hydrogen) atoms. The van der Waals surface area contributed by atoms with E-state index in [0.717, 1.165) is 18.7 Å². The summed E-state index contributed by atoms with van der Waals surface area (Å²) in [6.07, 6.45) is 3.05. The van der Waals surface area contributed by atoms with Crippen LogP contribution in [-0.4, -0.2) is 23.4 Å². The summed E-state index contributed by atoms with van der Waals surface area (Å²) >= 11 is 0. The average Bonchev–Trinajstić information content (AvgIpc) is 2.47. The van der Waals surface area contributed by atoms with Crippen LogP contribution in [0, 0.1) is 0 Å². The van der Waals surface area contributed by atoms with Gasteiger partial charge in [-0.3, -0.25) is 4.68 Å². The normalized spacial score (nSPS) is 12.0. The smallest absolute Gasteiger partial charge is 0.0637 e. The van der Waals surface area contributed by atoms with Crippen molar-refractivity contribution in [1.82, 2.24) is 15.1 Å². The van der Waals surface area contributed by atoms with Crippen molar-refractivity contribution < 1.29 is 0 Å². The van der Waals surface area contributed by atoms with E-state index in [2.05, 4.69) is 37.3 Å². The maximum Gasteiger partial charge on any atom is 0.0637 e. The first kappa shape index (κ1) is 10.3. The molecule has 1 aromatic rings. The van der Waals surface area contributed by atoms with Gasteiger partial charge in [-0.2, -0.15) is 5.10 Å². The fourth-order valence-electron chi connectivity index (χ4n) is 1.12. The van der Waals surface area contributed by atoms with Crippen molar-refractivity contribution in [3.8, 4) is 0 Å². The summed E-state index contributed by atoms with van der Waals surface area (Å²) in [5, 5.41) is 7.61. The highest BCUT2D eigenvalue weighted by atomic mass is 15.3. The lowest BCUT2D eigenvalue weighted by molar-refractivity contribution is 0.353. The predicted octanol–water partition coefficient (Wildman–Crippen LogP) is 1.40. The highest BCUT2D eigenvalue weighted by Crippen LogP contribution is 2.12. The quantitative estimate of drug-likeness (QED) is 0.764. The van der Waals surface area contributed by atoms with Gasteiger partial charge in [0.25, 0.3) is 0 Å². The fourth-order valence-corrected chi connectivity index (χ4v) is 1.12. The highest BCUT2D eigenvalue weighted by molar-refractivity contribution is 5.01. The molecule has 74 valence electrons. The molecule has 1 rings (SSSR count). The first-order valence-electron chi connectivity index (χ1n) is 4.73. The Balaban J connectivity index is 2.64. The third-order valence-corrected chi connectivity index (χ3v) is 1.96. The van der Waals surface area contributed by atoms with Gasteiger partial charge >= 0.3 is 0 Å². The molecule has 0 bridgehead atoms. The van der Waals surface area contributed by atoms with Gasteiger partial charge in [0, 0.05) is 19.2 Å². The standard InChI is InChI=1S/C10H19N3/c1-10(2,3)13-8-6-9(12-13)5-7-11-4/h6,8,11H,5,7H2,1-4H3. The van der Waals surface area contributed by atoms with Crippen LogP contribution >= 0.6 is 0 Å². The summed E-state index contributed by atoms with van der Waals surface area (Å²) in [5.74, 6) is 0. The van der Waals surface area contributed by atoms with Crippen LogP contribution in [0.4, 0.5) is 0 Å². The van der Waals surface area contributed by atoms with E-state index in [0.29, 0.717) is 0 Å². The molecular weight excluding hydrogens is 162 g/mol. The summed E-state index contributed by atoms with van der Waals surface area (Å²) in [5.41, 5.74) is 1.25. The van der Waals surface area contributed by atoms with Gasteiger partial charge in [0.2, 0.25) is 0 Å². The average molecular weight is 181 g/mol.